The summed E-state index contributed by atoms with van der Waals surface area (Å²) < 4.78 is 12.8. The molecule has 2 heterocycles. The van der Waals surface area contributed by atoms with Gasteiger partial charge in [0.25, 0.3) is 0 Å². The first-order valence-corrected chi connectivity index (χ1v) is 9.52. The molecule has 6 nitrogen and oxygen atoms in total. The molecule has 4 aromatic rings. The molecule has 148 valence electrons. The van der Waals surface area contributed by atoms with Crippen molar-refractivity contribution in [3.63, 3.8) is 0 Å². The summed E-state index contributed by atoms with van der Waals surface area (Å²) in [6.07, 6.45) is 7.36. The molecule has 29 heavy (non-hydrogen) atoms. The van der Waals surface area contributed by atoms with E-state index >= 15 is 0 Å². The molecule has 1 N–H and O–H groups in total. The fraction of sp³-hybridized carbons (Fsp3) is 0.217. The Bertz CT molecular complexity index is 1100. The number of rotatable bonds is 7. The fourth-order valence-electron chi connectivity index (χ4n) is 3.31. The lowest BCUT2D eigenvalue weighted by Crippen LogP contribution is -1.99. The zero-order chi connectivity index (χ0) is 20.2. The molecular weight excluding hydrogens is 364 g/mol. The Morgan fingerprint density at radius 1 is 0.966 bits per heavy atom. The third-order valence-corrected chi connectivity index (χ3v) is 4.91. The number of nitrogens with one attached hydrogen (secondary N) is 1. The summed E-state index contributed by atoms with van der Waals surface area (Å²) in [7, 11) is 3.36. The number of aryl methyl sites for hydroxylation is 3. The number of hydrogen-bond acceptors (Lipinski definition) is 4. The number of aromatic nitrogens is 4. The zero-order valence-electron chi connectivity index (χ0n) is 16.8. The molecule has 0 saturated carbocycles. The van der Waals surface area contributed by atoms with Gasteiger partial charge in [-0.15, -0.1) is 0 Å². The topological polar surface area (TPSA) is 65.0 Å². The van der Waals surface area contributed by atoms with E-state index in [1.54, 1.807) is 20.5 Å². The molecule has 2 aromatic carbocycles. The number of hydrogen-bond donors (Lipinski definition) is 1. The molecule has 0 bridgehead atoms. The first-order chi connectivity index (χ1) is 14.2. The van der Waals surface area contributed by atoms with Gasteiger partial charge in [0.15, 0.2) is 0 Å². The second-order valence-electron chi connectivity index (χ2n) is 6.90. The predicted octanol–water partition coefficient (Wildman–Crippen LogP) is 4.37. The SMILES string of the molecule is COc1ccc(-c2cnc(CCc3ccc(-n4cnc(C)c4)c(OC)c3)[nH]2)cc1. The minimum atomic E-state index is 0.822. The lowest BCUT2D eigenvalue weighted by molar-refractivity contribution is 0.412. The van der Waals surface area contributed by atoms with Gasteiger partial charge in [-0.05, 0) is 60.9 Å². The first kappa shape index (κ1) is 18.8. The Morgan fingerprint density at radius 3 is 2.48 bits per heavy atom. The van der Waals surface area contributed by atoms with Crippen molar-refractivity contribution in [2.45, 2.75) is 19.8 Å². The maximum atomic E-state index is 5.60. The molecule has 0 spiro atoms. The molecule has 0 amide bonds. The van der Waals surface area contributed by atoms with Crippen LogP contribution in [-0.4, -0.2) is 33.7 Å². The van der Waals surface area contributed by atoms with Crippen LogP contribution in [0.15, 0.2) is 61.2 Å². The van der Waals surface area contributed by atoms with Gasteiger partial charge in [-0.2, -0.15) is 0 Å². The van der Waals surface area contributed by atoms with Crippen molar-refractivity contribution in [1.82, 2.24) is 19.5 Å². The van der Waals surface area contributed by atoms with Crippen molar-refractivity contribution in [2.75, 3.05) is 14.2 Å². The average Bonchev–Trinajstić information content (AvgIpc) is 3.41. The maximum Gasteiger partial charge on any atom is 0.143 e. The van der Waals surface area contributed by atoms with E-state index in [9.17, 15) is 0 Å². The first-order valence-electron chi connectivity index (χ1n) is 9.52. The van der Waals surface area contributed by atoms with Crippen LogP contribution < -0.4 is 9.47 Å². The third kappa shape index (κ3) is 4.16. The number of methoxy groups -OCH3 is 2. The summed E-state index contributed by atoms with van der Waals surface area (Å²) in [5.74, 6) is 2.64. The van der Waals surface area contributed by atoms with E-state index in [2.05, 4.69) is 33.2 Å². The molecule has 0 saturated heterocycles. The Morgan fingerprint density at radius 2 is 1.79 bits per heavy atom. The fourth-order valence-corrected chi connectivity index (χ4v) is 3.31. The Kier molecular flexibility index (Phi) is 5.33. The number of benzene rings is 2. The summed E-state index contributed by atoms with van der Waals surface area (Å²) >= 11 is 0. The third-order valence-electron chi connectivity index (χ3n) is 4.91. The van der Waals surface area contributed by atoms with Gasteiger partial charge in [-0.25, -0.2) is 9.97 Å². The molecule has 0 aliphatic rings. The van der Waals surface area contributed by atoms with Crippen LogP contribution in [0.5, 0.6) is 11.5 Å². The normalized spacial score (nSPS) is 10.9. The van der Waals surface area contributed by atoms with Crippen LogP contribution in [0.3, 0.4) is 0 Å². The highest BCUT2D eigenvalue weighted by Crippen LogP contribution is 2.25. The van der Waals surface area contributed by atoms with Crippen molar-refractivity contribution < 1.29 is 9.47 Å². The Labute approximate surface area is 170 Å². The molecule has 4 rings (SSSR count). The van der Waals surface area contributed by atoms with Gasteiger partial charge in [0, 0.05) is 12.6 Å². The van der Waals surface area contributed by atoms with Crippen LogP contribution in [0.4, 0.5) is 0 Å². The van der Waals surface area contributed by atoms with Gasteiger partial charge < -0.3 is 19.0 Å². The van der Waals surface area contributed by atoms with Crippen molar-refractivity contribution in [2.24, 2.45) is 0 Å². The van der Waals surface area contributed by atoms with Crippen molar-refractivity contribution in [3.05, 3.63) is 78.3 Å². The zero-order valence-corrected chi connectivity index (χ0v) is 16.8. The van der Waals surface area contributed by atoms with Crippen molar-refractivity contribution in [3.8, 4) is 28.4 Å². The van der Waals surface area contributed by atoms with E-state index in [1.807, 2.05) is 48.1 Å². The molecule has 0 fully saturated rings. The van der Waals surface area contributed by atoms with Crippen LogP contribution in [-0.2, 0) is 12.8 Å². The summed E-state index contributed by atoms with van der Waals surface area (Å²) in [5.41, 5.74) is 5.25. The van der Waals surface area contributed by atoms with Gasteiger partial charge in [0.05, 0.1) is 43.8 Å². The van der Waals surface area contributed by atoms with Gasteiger partial charge in [-0.3, -0.25) is 0 Å². The van der Waals surface area contributed by atoms with Crippen molar-refractivity contribution >= 4 is 0 Å². The highest BCUT2D eigenvalue weighted by molar-refractivity contribution is 5.59. The lowest BCUT2D eigenvalue weighted by Gasteiger charge is -2.11. The van der Waals surface area contributed by atoms with Gasteiger partial charge in [-0.1, -0.05) is 6.07 Å². The summed E-state index contributed by atoms with van der Waals surface area (Å²) in [4.78, 5) is 12.2. The number of H-pyrrole nitrogens is 1. The molecule has 0 unspecified atom stereocenters. The molecule has 0 aliphatic heterocycles. The number of imidazole rings is 2. The highest BCUT2D eigenvalue weighted by Gasteiger charge is 2.09. The standard InChI is InChI=1S/C23H24N4O2/c1-16-14-27(15-25-16)21-10-4-17(12-22(21)29-3)5-11-23-24-13-20(26-23)18-6-8-19(28-2)9-7-18/h4,6-10,12-15H,5,11H2,1-3H3,(H,24,26). The van der Waals surface area contributed by atoms with Gasteiger partial charge >= 0.3 is 0 Å². The molecule has 2 aromatic heterocycles. The second kappa shape index (κ2) is 8.22. The smallest absolute Gasteiger partial charge is 0.143 e. The summed E-state index contributed by atoms with van der Waals surface area (Å²) in [6.45, 7) is 1.97. The Balaban J connectivity index is 1.45. The van der Waals surface area contributed by atoms with E-state index in [4.69, 9.17) is 9.47 Å². The summed E-state index contributed by atoms with van der Waals surface area (Å²) in [5, 5.41) is 0. The second-order valence-corrected chi connectivity index (χ2v) is 6.90. The van der Waals surface area contributed by atoms with Crippen molar-refractivity contribution in [1.29, 1.82) is 0 Å². The number of ether oxygens (including phenoxy) is 2. The highest BCUT2D eigenvalue weighted by atomic mass is 16.5. The molecular formula is C23H24N4O2. The largest absolute Gasteiger partial charge is 0.497 e. The molecule has 0 aliphatic carbocycles. The maximum absolute atomic E-state index is 5.60. The minimum Gasteiger partial charge on any atom is -0.497 e. The number of nitrogens with zero attached hydrogens (tertiary/aromatic N) is 3. The molecule has 6 heteroatoms. The molecule has 0 atom stereocenters. The van der Waals surface area contributed by atoms with Crippen LogP contribution in [0, 0.1) is 6.92 Å². The monoisotopic (exact) mass is 388 g/mol. The van der Waals surface area contributed by atoms with Gasteiger partial charge in [0.1, 0.15) is 17.3 Å². The van der Waals surface area contributed by atoms with E-state index < -0.39 is 0 Å². The van der Waals surface area contributed by atoms with Crippen LogP contribution in [0.2, 0.25) is 0 Å². The minimum absolute atomic E-state index is 0.822. The van der Waals surface area contributed by atoms with E-state index in [1.165, 1.54) is 5.56 Å². The summed E-state index contributed by atoms with van der Waals surface area (Å²) in [6, 6.07) is 14.2. The van der Waals surface area contributed by atoms with E-state index in [0.29, 0.717) is 0 Å². The van der Waals surface area contributed by atoms with Crippen LogP contribution in [0.25, 0.3) is 16.9 Å². The predicted molar refractivity (Wildman–Crippen MR) is 113 cm³/mol. The quantitative estimate of drug-likeness (QED) is 0.510. The molecule has 0 radical (unpaired) electrons. The van der Waals surface area contributed by atoms with E-state index in [0.717, 1.165) is 52.8 Å². The number of aromatic amines is 1. The Hall–Kier alpha value is -3.54. The van der Waals surface area contributed by atoms with Gasteiger partial charge in [0.2, 0.25) is 0 Å². The lowest BCUT2D eigenvalue weighted by atomic mass is 10.1. The van der Waals surface area contributed by atoms with Crippen LogP contribution >= 0.6 is 0 Å². The van der Waals surface area contributed by atoms with E-state index in [-0.39, 0.29) is 0 Å². The van der Waals surface area contributed by atoms with Crippen LogP contribution in [0.1, 0.15) is 17.1 Å². The average molecular weight is 388 g/mol.